The van der Waals surface area contributed by atoms with Crippen LogP contribution in [-0.4, -0.2) is 17.7 Å². The number of aromatic nitrogens is 1. The molecule has 0 spiro atoms. The molecule has 6 heteroatoms. The summed E-state index contributed by atoms with van der Waals surface area (Å²) in [6, 6.07) is 14.9. The molecule has 0 atom stereocenters. The Morgan fingerprint density at radius 2 is 1.96 bits per heavy atom. The molecule has 3 N–H and O–H groups in total. The van der Waals surface area contributed by atoms with Gasteiger partial charge in [-0.15, -0.1) is 0 Å². The number of hydrogen-bond acceptors (Lipinski definition) is 5. The van der Waals surface area contributed by atoms with Gasteiger partial charge in [0.25, 0.3) is 0 Å². The highest BCUT2D eigenvalue weighted by atomic mass is 16.7. The molecule has 1 aromatic heterocycles. The van der Waals surface area contributed by atoms with Crippen molar-refractivity contribution in [1.29, 1.82) is 0 Å². The minimum absolute atomic E-state index is 0.250. The minimum atomic E-state index is -0.472. The van der Waals surface area contributed by atoms with Crippen LogP contribution in [0.2, 0.25) is 0 Å². The molecular formula is C18H15N3O3. The first kappa shape index (κ1) is 14.3. The summed E-state index contributed by atoms with van der Waals surface area (Å²) in [5.74, 6) is 1.61. The molecule has 24 heavy (non-hydrogen) atoms. The van der Waals surface area contributed by atoms with Gasteiger partial charge in [0.1, 0.15) is 5.82 Å². The molecule has 0 saturated heterocycles. The molecule has 2 heterocycles. The van der Waals surface area contributed by atoms with Crippen molar-refractivity contribution in [3.05, 3.63) is 59.7 Å². The molecule has 4 rings (SSSR count). The molecular weight excluding hydrogens is 306 g/mol. The molecule has 3 aromatic rings. The lowest BCUT2D eigenvalue weighted by atomic mass is 10.1. The molecule has 6 nitrogen and oxygen atoms in total. The molecule has 0 aliphatic carbocycles. The van der Waals surface area contributed by atoms with Crippen molar-refractivity contribution in [2.75, 3.05) is 12.1 Å². The van der Waals surface area contributed by atoms with E-state index < -0.39 is 5.91 Å². The van der Waals surface area contributed by atoms with Crippen molar-refractivity contribution in [3.8, 4) is 11.5 Å². The van der Waals surface area contributed by atoms with E-state index in [0.717, 1.165) is 28.0 Å². The average molecular weight is 321 g/mol. The zero-order chi connectivity index (χ0) is 16.5. The number of nitrogens with two attached hydrogens (primary N) is 1. The van der Waals surface area contributed by atoms with Crippen LogP contribution in [0, 0.1) is 0 Å². The lowest BCUT2D eigenvalue weighted by Gasteiger charge is -2.10. The summed E-state index contributed by atoms with van der Waals surface area (Å²) in [6.45, 7) is 0.792. The van der Waals surface area contributed by atoms with E-state index in [2.05, 4.69) is 10.3 Å². The Morgan fingerprint density at radius 3 is 2.83 bits per heavy atom. The van der Waals surface area contributed by atoms with E-state index in [0.29, 0.717) is 17.9 Å². The number of ether oxygens (including phenoxy) is 2. The van der Waals surface area contributed by atoms with E-state index >= 15 is 0 Å². The van der Waals surface area contributed by atoms with Gasteiger partial charge in [0.05, 0.1) is 11.1 Å². The number of nitrogens with one attached hydrogen (secondary N) is 1. The molecule has 0 bridgehead atoms. The fraction of sp³-hybridized carbons (Fsp3) is 0.111. The number of hydrogen-bond donors (Lipinski definition) is 2. The Kier molecular flexibility index (Phi) is 3.42. The number of benzene rings is 2. The summed E-state index contributed by atoms with van der Waals surface area (Å²) in [5, 5.41) is 3.97. The van der Waals surface area contributed by atoms with Crippen LogP contribution < -0.4 is 20.5 Å². The molecule has 120 valence electrons. The van der Waals surface area contributed by atoms with E-state index in [1.165, 1.54) is 0 Å². The first-order valence-corrected chi connectivity index (χ1v) is 7.53. The zero-order valence-electron chi connectivity index (χ0n) is 12.8. The van der Waals surface area contributed by atoms with Crippen LogP contribution in [0.1, 0.15) is 15.9 Å². The van der Waals surface area contributed by atoms with E-state index in [1.54, 1.807) is 6.07 Å². The number of rotatable bonds is 4. The molecule has 0 saturated carbocycles. The van der Waals surface area contributed by atoms with Gasteiger partial charge in [0, 0.05) is 11.9 Å². The average Bonchev–Trinajstić information content (AvgIpc) is 3.06. The van der Waals surface area contributed by atoms with Crippen LogP contribution in [0.3, 0.4) is 0 Å². The Balaban J connectivity index is 1.61. The Morgan fingerprint density at radius 1 is 1.12 bits per heavy atom. The first-order valence-electron chi connectivity index (χ1n) is 7.53. The predicted molar refractivity (Wildman–Crippen MR) is 90.2 cm³/mol. The number of para-hydroxylation sites is 1. The van der Waals surface area contributed by atoms with E-state index in [4.69, 9.17) is 15.2 Å². The lowest BCUT2D eigenvalue weighted by Crippen LogP contribution is -2.13. The van der Waals surface area contributed by atoms with Gasteiger partial charge in [-0.3, -0.25) is 4.79 Å². The van der Waals surface area contributed by atoms with Gasteiger partial charge in [-0.05, 0) is 29.8 Å². The summed E-state index contributed by atoms with van der Waals surface area (Å²) >= 11 is 0. The Hall–Kier alpha value is -3.28. The molecule has 2 aromatic carbocycles. The third-order valence-electron chi connectivity index (χ3n) is 3.89. The molecule has 0 fully saturated rings. The number of primary amides is 1. The number of carbonyl (C=O) groups is 1. The maximum absolute atomic E-state index is 11.7. The largest absolute Gasteiger partial charge is 0.454 e. The molecule has 0 radical (unpaired) electrons. The highest BCUT2D eigenvalue weighted by molar-refractivity contribution is 6.06. The number of fused-ring (bicyclic) bond motifs is 2. The molecule has 1 aliphatic heterocycles. The van der Waals surface area contributed by atoms with Gasteiger partial charge >= 0.3 is 0 Å². The summed E-state index contributed by atoms with van der Waals surface area (Å²) in [6.07, 6.45) is 0. The second kappa shape index (κ2) is 5.73. The van der Waals surface area contributed by atoms with Gasteiger partial charge in [0.15, 0.2) is 11.5 Å². The van der Waals surface area contributed by atoms with E-state index in [1.807, 2.05) is 42.5 Å². The van der Waals surface area contributed by atoms with Gasteiger partial charge in [-0.1, -0.05) is 24.3 Å². The first-order chi connectivity index (χ1) is 11.7. The third kappa shape index (κ3) is 2.58. The highest BCUT2D eigenvalue weighted by Crippen LogP contribution is 2.32. The topological polar surface area (TPSA) is 86.5 Å². The lowest BCUT2D eigenvalue weighted by molar-refractivity contribution is 0.100. The van der Waals surface area contributed by atoms with E-state index in [9.17, 15) is 4.79 Å². The van der Waals surface area contributed by atoms with Crippen molar-refractivity contribution < 1.29 is 14.3 Å². The second-order valence-corrected chi connectivity index (χ2v) is 5.48. The third-order valence-corrected chi connectivity index (χ3v) is 3.89. The molecule has 0 unspecified atom stereocenters. The second-order valence-electron chi connectivity index (χ2n) is 5.48. The smallest absolute Gasteiger partial charge is 0.249 e. The SMILES string of the molecule is NC(=O)c1cc(NCc2ccc3c(c2)OCO3)nc2ccccc12. The Labute approximate surface area is 138 Å². The standard InChI is InChI=1S/C18H15N3O3/c19-18(22)13-8-17(21-14-4-2-1-3-12(13)14)20-9-11-5-6-15-16(7-11)24-10-23-15/h1-8H,9-10H2,(H2,19,22)(H,20,21). The van der Waals surface area contributed by atoms with Crippen molar-refractivity contribution >= 4 is 22.6 Å². The van der Waals surface area contributed by atoms with Gasteiger partial charge in [-0.2, -0.15) is 0 Å². The summed E-state index contributed by atoms with van der Waals surface area (Å²) in [5.41, 5.74) is 7.69. The van der Waals surface area contributed by atoms with E-state index in [-0.39, 0.29) is 6.79 Å². The predicted octanol–water partition coefficient (Wildman–Crippen LogP) is 2.67. The fourth-order valence-corrected chi connectivity index (χ4v) is 2.71. The fourth-order valence-electron chi connectivity index (χ4n) is 2.71. The normalized spacial score (nSPS) is 12.3. The van der Waals surface area contributed by atoms with Crippen LogP contribution in [-0.2, 0) is 6.54 Å². The number of carbonyl (C=O) groups excluding carboxylic acids is 1. The van der Waals surface area contributed by atoms with Crippen molar-refractivity contribution in [1.82, 2.24) is 4.98 Å². The van der Waals surface area contributed by atoms with Crippen molar-refractivity contribution in [2.45, 2.75) is 6.54 Å². The highest BCUT2D eigenvalue weighted by Gasteiger charge is 2.14. The van der Waals surface area contributed by atoms with Crippen LogP contribution in [0.4, 0.5) is 5.82 Å². The minimum Gasteiger partial charge on any atom is -0.454 e. The van der Waals surface area contributed by atoms with Crippen molar-refractivity contribution in [3.63, 3.8) is 0 Å². The maximum Gasteiger partial charge on any atom is 0.249 e. The van der Waals surface area contributed by atoms with Gasteiger partial charge in [0.2, 0.25) is 12.7 Å². The van der Waals surface area contributed by atoms with Gasteiger partial charge < -0.3 is 20.5 Å². The number of anilines is 1. The monoisotopic (exact) mass is 321 g/mol. The quantitative estimate of drug-likeness (QED) is 0.771. The number of pyridine rings is 1. The molecule has 1 aliphatic rings. The maximum atomic E-state index is 11.7. The van der Waals surface area contributed by atoms with Crippen molar-refractivity contribution in [2.24, 2.45) is 5.73 Å². The van der Waals surface area contributed by atoms with Crippen LogP contribution in [0.15, 0.2) is 48.5 Å². The summed E-state index contributed by atoms with van der Waals surface area (Å²) < 4.78 is 10.7. The van der Waals surface area contributed by atoms with Crippen LogP contribution >= 0.6 is 0 Å². The summed E-state index contributed by atoms with van der Waals surface area (Å²) in [4.78, 5) is 16.2. The Bertz CT molecular complexity index is 940. The number of amides is 1. The van der Waals surface area contributed by atoms with Gasteiger partial charge in [-0.25, -0.2) is 4.98 Å². The van der Waals surface area contributed by atoms with Crippen LogP contribution in [0.25, 0.3) is 10.9 Å². The summed E-state index contributed by atoms with van der Waals surface area (Å²) in [7, 11) is 0. The van der Waals surface area contributed by atoms with Crippen LogP contribution in [0.5, 0.6) is 11.5 Å². The molecule has 1 amide bonds. The number of nitrogens with zero attached hydrogens (tertiary/aromatic N) is 1. The zero-order valence-corrected chi connectivity index (χ0v) is 12.8.